The van der Waals surface area contributed by atoms with Gasteiger partial charge in [-0.15, -0.1) is 0 Å². The van der Waals surface area contributed by atoms with Crippen molar-refractivity contribution in [2.75, 3.05) is 13.1 Å². The van der Waals surface area contributed by atoms with Crippen molar-refractivity contribution < 1.29 is 19.5 Å². The van der Waals surface area contributed by atoms with Crippen LogP contribution in [0.1, 0.15) is 0 Å². The molecular weight excluding hydrogens is 117 g/mol. The molecule has 0 aromatic carbocycles. The first-order chi connectivity index (χ1) is 1.91. The summed E-state index contributed by atoms with van der Waals surface area (Å²) in [4.78, 5) is 0. The van der Waals surface area contributed by atoms with Crippen molar-refractivity contribution in [2.24, 2.45) is 11.5 Å². The maximum absolute atomic E-state index is 4.90. The normalized spacial score (nSPS) is 6.00. The number of hydrogen-bond donors (Lipinski definition) is 2. The molecule has 0 rings (SSSR count). The number of nitrogens with two attached hydrogens (primary N) is 2. The third-order valence-electron chi connectivity index (χ3n) is 0.167. The predicted octanol–water partition coefficient (Wildman–Crippen LogP) is -1.10. The molecule has 3 heteroatoms. The fraction of sp³-hybridized carbons (Fsp3) is 1.00. The summed E-state index contributed by atoms with van der Waals surface area (Å²) >= 11 is 0. The van der Waals surface area contributed by atoms with Gasteiger partial charge in [-0.3, -0.25) is 0 Å². The van der Waals surface area contributed by atoms with Crippen molar-refractivity contribution in [2.45, 2.75) is 0 Å². The largest absolute Gasteiger partial charge is 0.329 e. The molecule has 0 spiro atoms. The Morgan fingerprint density at radius 1 is 1.00 bits per heavy atom. The van der Waals surface area contributed by atoms with Gasteiger partial charge in [0.25, 0.3) is 0 Å². The predicted molar refractivity (Wildman–Crippen MR) is 18.1 cm³/mol. The van der Waals surface area contributed by atoms with Crippen LogP contribution in [0.4, 0.5) is 0 Å². The maximum atomic E-state index is 4.90. The van der Waals surface area contributed by atoms with E-state index in [2.05, 4.69) is 0 Å². The minimum Gasteiger partial charge on any atom is -0.329 e. The Hall–Kier alpha value is 0.543. The van der Waals surface area contributed by atoms with Crippen LogP contribution in [0.3, 0.4) is 0 Å². The zero-order chi connectivity index (χ0) is 3.41. The minimum atomic E-state index is 0. The van der Waals surface area contributed by atoms with E-state index >= 15 is 0 Å². The van der Waals surface area contributed by atoms with Crippen LogP contribution in [0, 0.1) is 0 Å². The van der Waals surface area contributed by atoms with Crippen molar-refractivity contribution in [3.05, 3.63) is 0 Å². The summed E-state index contributed by atoms with van der Waals surface area (Å²) < 4.78 is 0. The summed E-state index contributed by atoms with van der Waals surface area (Å²) in [5, 5.41) is 0. The van der Waals surface area contributed by atoms with Crippen LogP contribution in [0.5, 0.6) is 0 Å². The van der Waals surface area contributed by atoms with Gasteiger partial charge in [0.05, 0.1) is 0 Å². The van der Waals surface area contributed by atoms with E-state index in [1.807, 2.05) is 0 Å². The molecule has 0 saturated carbocycles. The fourth-order valence-electron chi connectivity index (χ4n) is 0. The van der Waals surface area contributed by atoms with Gasteiger partial charge >= 0.3 is 0 Å². The molecule has 0 radical (unpaired) electrons. The summed E-state index contributed by atoms with van der Waals surface area (Å²) in [7, 11) is 0. The van der Waals surface area contributed by atoms with E-state index in [-0.39, 0.29) is 19.5 Å². The van der Waals surface area contributed by atoms with Crippen LogP contribution in [-0.2, 0) is 19.5 Å². The second-order valence-corrected chi connectivity index (χ2v) is 0.577. The fourth-order valence-corrected chi connectivity index (χ4v) is 0. The van der Waals surface area contributed by atoms with Gasteiger partial charge in [0, 0.05) is 32.6 Å². The molecule has 0 bridgehead atoms. The Balaban J connectivity index is 0. The van der Waals surface area contributed by atoms with Gasteiger partial charge in [0.15, 0.2) is 0 Å². The van der Waals surface area contributed by atoms with E-state index in [4.69, 9.17) is 11.5 Å². The zero-order valence-corrected chi connectivity index (χ0v) is 6.24. The summed E-state index contributed by atoms with van der Waals surface area (Å²) in [5.41, 5.74) is 9.81. The monoisotopic (exact) mass is 124 g/mol. The van der Waals surface area contributed by atoms with Crippen molar-refractivity contribution in [1.82, 2.24) is 0 Å². The van der Waals surface area contributed by atoms with Crippen molar-refractivity contribution in [3.63, 3.8) is 0 Å². The van der Waals surface area contributed by atoms with Gasteiger partial charge in [-0.1, -0.05) is 0 Å². The molecule has 0 aromatic heterocycles. The van der Waals surface area contributed by atoms with Crippen LogP contribution in [0.2, 0.25) is 0 Å². The summed E-state index contributed by atoms with van der Waals surface area (Å²) in [6, 6.07) is 0. The first kappa shape index (κ1) is 9.11. The van der Waals surface area contributed by atoms with Gasteiger partial charge in [0.2, 0.25) is 0 Å². The van der Waals surface area contributed by atoms with Crippen LogP contribution in [-0.4, -0.2) is 13.1 Å². The molecular formula is C2H8N2Zn. The van der Waals surface area contributed by atoms with E-state index in [9.17, 15) is 0 Å². The minimum absolute atomic E-state index is 0. The average molecular weight is 125 g/mol. The maximum Gasteiger partial charge on any atom is 0.00461 e. The molecule has 0 aromatic rings. The Morgan fingerprint density at radius 3 is 1.20 bits per heavy atom. The van der Waals surface area contributed by atoms with E-state index < -0.39 is 0 Å². The van der Waals surface area contributed by atoms with E-state index in [0.717, 1.165) is 0 Å². The van der Waals surface area contributed by atoms with E-state index in [1.54, 1.807) is 0 Å². The van der Waals surface area contributed by atoms with Crippen molar-refractivity contribution in [3.8, 4) is 0 Å². The number of hydrogen-bond acceptors (Lipinski definition) is 2. The molecule has 0 unspecified atom stereocenters. The van der Waals surface area contributed by atoms with Gasteiger partial charge in [0.1, 0.15) is 0 Å². The van der Waals surface area contributed by atoms with Crippen molar-refractivity contribution in [1.29, 1.82) is 0 Å². The number of rotatable bonds is 1. The summed E-state index contributed by atoms with van der Waals surface area (Å²) in [6.45, 7) is 1.19. The van der Waals surface area contributed by atoms with E-state index in [0.29, 0.717) is 13.1 Å². The van der Waals surface area contributed by atoms with Gasteiger partial charge in [-0.25, -0.2) is 0 Å². The molecule has 0 atom stereocenters. The quantitative estimate of drug-likeness (QED) is 0.437. The molecule has 0 aliphatic rings. The summed E-state index contributed by atoms with van der Waals surface area (Å²) in [5.74, 6) is 0. The van der Waals surface area contributed by atoms with Crippen LogP contribution >= 0.6 is 0 Å². The molecule has 0 aliphatic carbocycles. The zero-order valence-electron chi connectivity index (χ0n) is 3.28. The average Bonchev–Trinajstić information content (AvgIpc) is 1.37. The standard InChI is InChI=1S/C2H8N2.Zn/c3-1-2-4;/h1-4H2;. The van der Waals surface area contributed by atoms with Gasteiger partial charge in [-0.05, 0) is 0 Å². The molecule has 4 N–H and O–H groups in total. The topological polar surface area (TPSA) is 52.0 Å². The molecule has 0 fully saturated rings. The first-order valence-corrected chi connectivity index (χ1v) is 1.32. The molecule has 2 nitrogen and oxygen atoms in total. The van der Waals surface area contributed by atoms with Crippen molar-refractivity contribution >= 4 is 0 Å². The Morgan fingerprint density at radius 2 is 1.20 bits per heavy atom. The molecule has 28 valence electrons. The first-order valence-electron chi connectivity index (χ1n) is 1.32. The Labute approximate surface area is 44.7 Å². The Bertz CT molecular complexity index is 9.61. The molecule has 0 heterocycles. The molecule has 0 amide bonds. The SMILES string of the molecule is NCCN.[Zn]. The van der Waals surface area contributed by atoms with Gasteiger partial charge in [-0.2, -0.15) is 0 Å². The third-order valence-corrected chi connectivity index (χ3v) is 0.167. The van der Waals surface area contributed by atoms with Crippen LogP contribution in [0.25, 0.3) is 0 Å². The second-order valence-electron chi connectivity index (χ2n) is 0.577. The second kappa shape index (κ2) is 8.82. The molecule has 0 saturated heterocycles. The third kappa shape index (κ3) is 12.3. The smallest absolute Gasteiger partial charge is 0.00461 e. The molecule has 5 heavy (non-hydrogen) atoms. The van der Waals surface area contributed by atoms with Gasteiger partial charge < -0.3 is 11.5 Å². The van der Waals surface area contributed by atoms with Crippen LogP contribution < -0.4 is 11.5 Å². The van der Waals surface area contributed by atoms with E-state index in [1.165, 1.54) is 0 Å². The van der Waals surface area contributed by atoms with Crippen LogP contribution in [0.15, 0.2) is 0 Å². The summed E-state index contributed by atoms with van der Waals surface area (Å²) in [6.07, 6.45) is 0. The Kier molecular flexibility index (Phi) is 16.1. The molecule has 0 aliphatic heterocycles.